The Morgan fingerprint density at radius 2 is 2.24 bits per heavy atom. The number of carbonyl (C=O) groups excluding carboxylic acids is 1. The molecular formula is C13H27N3O. The largest absolute Gasteiger partial charge is 0.353 e. The predicted octanol–water partition coefficient (Wildman–Crippen LogP) is 0.960. The summed E-state index contributed by atoms with van der Waals surface area (Å²) in [6, 6.07) is 0.393. The number of likely N-dealkylation sites (tertiary alicyclic amines) is 1. The van der Waals surface area contributed by atoms with Crippen molar-refractivity contribution in [1.29, 1.82) is 0 Å². The second-order valence-corrected chi connectivity index (χ2v) is 6.02. The molecule has 0 bridgehead atoms. The maximum Gasteiger partial charge on any atom is 0.239 e. The summed E-state index contributed by atoms with van der Waals surface area (Å²) in [5.74, 6) is 0.697. The maximum absolute atomic E-state index is 11.7. The number of nitrogens with two attached hydrogens (primary N) is 1. The van der Waals surface area contributed by atoms with Gasteiger partial charge < -0.3 is 11.1 Å². The Balaban J connectivity index is 2.34. The van der Waals surface area contributed by atoms with Gasteiger partial charge in [-0.2, -0.15) is 0 Å². The van der Waals surface area contributed by atoms with Crippen LogP contribution in [0.1, 0.15) is 40.5 Å². The van der Waals surface area contributed by atoms with Crippen molar-refractivity contribution in [3.8, 4) is 0 Å². The Morgan fingerprint density at radius 3 is 2.76 bits per heavy atom. The van der Waals surface area contributed by atoms with Crippen molar-refractivity contribution >= 4 is 5.91 Å². The quantitative estimate of drug-likeness (QED) is 0.771. The second-order valence-electron chi connectivity index (χ2n) is 6.02. The molecule has 0 radical (unpaired) electrons. The topological polar surface area (TPSA) is 58.4 Å². The lowest BCUT2D eigenvalue weighted by Crippen LogP contribution is -2.53. The third kappa shape index (κ3) is 4.64. The van der Waals surface area contributed by atoms with Crippen LogP contribution >= 0.6 is 0 Å². The summed E-state index contributed by atoms with van der Waals surface area (Å²) in [4.78, 5) is 14.1. The van der Waals surface area contributed by atoms with Gasteiger partial charge in [-0.3, -0.25) is 9.69 Å². The average Bonchev–Trinajstić information content (AvgIpc) is 2.24. The molecular weight excluding hydrogens is 214 g/mol. The Hall–Kier alpha value is -0.610. The van der Waals surface area contributed by atoms with Crippen molar-refractivity contribution in [3.63, 3.8) is 0 Å². The molecule has 1 aliphatic rings. The van der Waals surface area contributed by atoms with Crippen LogP contribution in [-0.4, -0.2) is 42.0 Å². The highest BCUT2D eigenvalue weighted by atomic mass is 16.2. The number of hydrogen-bond donors (Lipinski definition) is 2. The van der Waals surface area contributed by atoms with Crippen LogP contribution in [0.3, 0.4) is 0 Å². The molecule has 1 saturated heterocycles. The van der Waals surface area contributed by atoms with E-state index in [9.17, 15) is 4.79 Å². The molecule has 1 rings (SSSR count). The number of nitrogens with one attached hydrogen (secondary N) is 1. The zero-order valence-corrected chi connectivity index (χ0v) is 11.6. The summed E-state index contributed by atoms with van der Waals surface area (Å²) in [5.41, 5.74) is 4.96. The number of piperidine rings is 1. The first kappa shape index (κ1) is 14.5. The van der Waals surface area contributed by atoms with E-state index in [1.54, 1.807) is 13.8 Å². The van der Waals surface area contributed by atoms with Crippen LogP contribution in [-0.2, 0) is 4.79 Å². The van der Waals surface area contributed by atoms with Gasteiger partial charge in [0.15, 0.2) is 0 Å². The smallest absolute Gasteiger partial charge is 0.239 e. The van der Waals surface area contributed by atoms with Crippen LogP contribution in [0.2, 0.25) is 0 Å². The molecule has 0 aliphatic carbocycles. The first-order valence-electron chi connectivity index (χ1n) is 6.62. The zero-order valence-electron chi connectivity index (χ0n) is 11.6. The highest BCUT2D eigenvalue weighted by molar-refractivity contribution is 5.85. The molecule has 0 aromatic rings. The Labute approximate surface area is 105 Å². The third-order valence-electron chi connectivity index (χ3n) is 3.46. The Morgan fingerprint density at radius 1 is 1.59 bits per heavy atom. The van der Waals surface area contributed by atoms with Crippen molar-refractivity contribution in [2.24, 2.45) is 11.7 Å². The minimum atomic E-state index is -0.783. The molecule has 0 spiro atoms. The summed E-state index contributed by atoms with van der Waals surface area (Å²) >= 11 is 0. The van der Waals surface area contributed by atoms with E-state index in [1.807, 2.05) is 0 Å². The van der Waals surface area contributed by atoms with Crippen LogP contribution in [0.25, 0.3) is 0 Å². The van der Waals surface area contributed by atoms with Crippen molar-refractivity contribution in [2.75, 3.05) is 19.6 Å². The van der Waals surface area contributed by atoms with Crippen LogP contribution in [0.4, 0.5) is 0 Å². The van der Waals surface area contributed by atoms with Crippen LogP contribution < -0.4 is 11.1 Å². The summed E-state index contributed by atoms with van der Waals surface area (Å²) in [7, 11) is 0. The van der Waals surface area contributed by atoms with Crippen molar-refractivity contribution in [3.05, 3.63) is 0 Å². The molecule has 2 unspecified atom stereocenters. The molecule has 4 nitrogen and oxygen atoms in total. The molecule has 1 fully saturated rings. The fraction of sp³-hybridized carbons (Fsp3) is 0.923. The van der Waals surface area contributed by atoms with E-state index < -0.39 is 5.54 Å². The van der Waals surface area contributed by atoms with E-state index in [0.29, 0.717) is 12.6 Å². The summed E-state index contributed by atoms with van der Waals surface area (Å²) < 4.78 is 0. The van der Waals surface area contributed by atoms with Gasteiger partial charge in [0.25, 0.3) is 0 Å². The number of amides is 1. The molecule has 0 aromatic carbocycles. The first-order valence-corrected chi connectivity index (χ1v) is 6.62. The summed E-state index contributed by atoms with van der Waals surface area (Å²) in [5, 5.41) is 2.93. The molecule has 100 valence electrons. The normalized spacial score (nSPS) is 24.4. The minimum absolute atomic E-state index is 0.0746. The van der Waals surface area contributed by atoms with Gasteiger partial charge in [-0.15, -0.1) is 0 Å². The lowest BCUT2D eigenvalue weighted by atomic mass is 9.99. The first-order chi connectivity index (χ1) is 7.80. The van der Waals surface area contributed by atoms with Crippen LogP contribution in [0, 0.1) is 5.92 Å². The average molecular weight is 241 g/mol. The lowest BCUT2D eigenvalue weighted by molar-refractivity contribution is -0.125. The number of nitrogens with zero attached hydrogens (tertiary/aromatic N) is 1. The molecule has 2 atom stereocenters. The predicted molar refractivity (Wildman–Crippen MR) is 70.7 cm³/mol. The number of rotatable bonds is 4. The third-order valence-corrected chi connectivity index (χ3v) is 3.46. The molecule has 0 aromatic heterocycles. The molecule has 0 saturated carbocycles. The van der Waals surface area contributed by atoms with E-state index in [4.69, 9.17) is 5.73 Å². The maximum atomic E-state index is 11.7. The van der Waals surface area contributed by atoms with Crippen molar-refractivity contribution in [2.45, 2.75) is 52.1 Å². The molecule has 3 N–H and O–H groups in total. The van der Waals surface area contributed by atoms with Gasteiger partial charge >= 0.3 is 0 Å². The lowest BCUT2D eigenvalue weighted by Gasteiger charge is -2.36. The van der Waals surface area contributed by atoms with Gasteiger partial charge in [0.1, 0.15) is 0 Å². The van der Waals surface area contributed by atoms with Gasteiger partial charge in [-0.05, 0) is 46.1 Å². The molecule has 17 heavy (non-hydrogen) atoms. The second kappa shape index (κ2) is 5.83. The van der Waals surface area contributed by atoms with E-state index in [-0.39, 0.29) is 5.91 Å². The standard InChI is InChI=1S/C13H27N3O/c1-10-6-5-7-16(9-10)11(2)8-15-12(17)13(3,4)14/h10-11H,5-9,14H2,1-4H3,(H,15,17). The summed E-state index contributed by atoms with van der Waals surface area (Å²) in [6.45, 7) is 10.9. The SMILES string of the molecule is CC1CCCN(C(C)CNC(=O)C(C)(C)N)C1. The van der Waals surface area contributed by atoms with Gasteiger partial charge in [0, 0.05) is 19.1 Å². The van der Waals surface area contributed by atoms with Crippen molar-refractivity contribution in [1.82, 2.24) is 10.2 Å². The summed E-state index contributed by atoms with van der Waals surface area (Å²) in [6.07, 6.45) is 2.59. The van der Waals surface area contributed by atoms with Crippen LogP contribution in [0.15, 0.2) is 0 Å². The van der Waals surface area contributed by atoms with Gasteiger partial charge in [0.2, 0.25) is 5.91 Å². The fourth-order valence-corrected chi connectivity index (χ4v) is 2.22. The zero-order chi connectivity index (χ0) is 13.1. The van der Waals surface area contributed by atoms with Gasteiger partial charge in [0.05, 0.1) is 5.54 Å². The van der Waals surface area contributed by atoms with Crippen molar-refractivity contribution < 1.29 is 4.79 Å². The minimum Gasteiger partial charge on any atom is -0.353 e. The Kier molecular flexibility index (Phi) is 4.95. The fourth-order valence-electron chi connectivity index (χ4n) is 2.22. The number of carbonyl (C=O) groups is 1. The molecule has 4 heteroatoms. The van der Waals surface area contributed by atoms with E-state index >= 15 is 0 Å². The Bertz CT molecular complexity index is 260. The van der Waals surface area contributed by atoms with E-state index in [0.717, 1.165) is 19.0 Å². The van der Waals surface area contributed by atoms with E-state index in [1.165, 1.54) is 12.8 Å². The van der Waals surface area contributed by atoms with Gasteiger partial charge in [-0.1, -0.05) is 6.92 Å². The molecule has 1 aliphatic heterocycles. The highest BCUT2D eigenvalue weighted by Crippen LogP contribution is 2.17. The van der Waals surface area contributed by atoms with Crippen LogP contribution in [0.5, 0.6) is 0 Å². The van der Waals surface area contributed by atoms with E-state index in [2.05, 4.69) is 24.1 Å². The molecule has 1 amide bonds. The molecule has 1 heterocycles. The van der Waals surface area contributed by atoms with Gasteiger partial charge in [-0.25, -0.2) is 0 Å². The highest BCUT2D eigenvalue weighted by Gasteiger charge is 2.24. The monoisotopic (exact) mass is 241 g/mol. The number of hydrogen-bond acceptors (Lipinski definition) is 3.